The lowest BCUT2D eigenvalue weighted by molar-refractivity contribution is 0.460. The number of pyridine rings is 1. The third-order valence-corrected chi connectivity index (χ3v) is 7.99. The Morgan fingerprint density at radius 2 is 1.73 bits per heavy atom. The Morgan fingerprint density at radius 1 is 1.08 bits per heavy atom. The first-order chi connectivity index (χ1) is 17.4. The van der Waals surface area contributed by atoms with E-state index in [0.29, 0.717) is 15.9 Å². The summed E-state index contributed by atoms with van der Waals surface area (Å²) in [6.07, 6.45) is 2.56. The minimum absolute atomic E-state index is 0.0628. The second-order valence-corrected chi connectivity index (χ2v) is 12.3. The van der Waals surface area contributed by atoms with Gasteiger partial charge in [-0.15, -0.1) is 0 Å². The summed E-state index contributed by atoms with van der Waals surface area (Å²) in [5, 5.41) is 9.80. The van der Waals surface area contributed by atoms with Gasteiger partial charge < -0.3 is 4.74 Å². The summed E-state index contributed by atoms with van der Waals surface area (Å²) in [5.74, 6) is 0.323. The molecule has 0 N–H and O–H groups in total. The van der Waals surface area contributed by atoms with Gasteiger partial charge in [-0.05, 0) is 72.0 Å². The van der Waals surface area contributed by atoms with Crippen molar-refractivity contribution in [3.8, 4) is 17.7 Å². The number of nitrogens with zero attached hydrogens (tertiary/aromatic N) is 3. The second-order valence-electron chi connectivity index (χ2n) is 9.47. The number of halogens is 1. The van der Waals surface area contributed by atoms with E-state index in [1.807, 2.05) is 12.1 Å². The number of benzene rings is 2. The molecule has 7 nitrogen and oxygen atoms in total. The molecule has 0 aliphatic heterocycles. The highest BCUT2D eigenvalue weighted by Crippen LogP contribution is 2.30. The summed E-state index contributed by atoms with van der Waals surface area (Å²) in [7, 11) is -4.21. The van der Waals surface area contributed by atoms with Crippen molar-refractivity contribution < 1.29 is 13.2 Å². The fourth-order valence-corrected chi connectivity index (χ4v) is 5.08. The number of aromatic nitrogens is 2. The predicted octanol–water partition coefficient (Wildman–Crippen LogP) is 6.19. The van der Waals surface area contributed by atoms with Crippen LogP contribution in [0.25, 0.3) is 11.7 Å². The van der Waals surface area contributed by atoms with Gasteiger partial charge in [0.2, 0.25) is 15.7 Å². The summed E-state index contributed by atoms with van der Waals surface area (Å²) in [5.41, 5.74) is 1.40. The van der Waals surface area contributed by atoms with E-state index < -0.39 is 20.3 Å². The van der Waals surface area contributed by atoms with Crippen molar-refractivity contribution in [1.29, 1.82) is 5.26 Å². The molecule has 0 aliphatic rings. The van der Waals surface area contributed by atoms with Gasteiger partial charge in [0.1, 0.15) is 27.9 Å². The van der Waals surface area contributed by atoms with Crippen LogP contribution < -0.4 is 10.3 Å². The molecular weight excluding hydrogens is 554 g/mol. The van der Waals surface area contributed by atoms with E-state index in [0.717, 1.165) is 17.2 Å². The fraction of sp³-hybridized carbons (Fsp3) is 0.179. The van der Waals surface area contributed by atoms with E-state index in [2.05, 4.69) is 41.7 Å². The minimum atomic E-state index is -4.21. The maximum absolute atomic E-state index is 13.5. The van der Waals surface area contributed by atoms with Gasteiger partial charge in [-0.1, -0.05) is 54.9 Å². The predicted molar refractivity (Wildman–Crippen MR) is 146 cm³/mol. The number of nitriles is 1. The zero-order chi connectivity index (χ0) is 27.0. The lowest BCUT2D eigenvalue weighted by Crippen LogP contribution is -2.20. The molecule has 0 unspecified atom stereocenters. The van der Waals surface area contributed by atoms with Crippen molar-refractivity contribution in [2.24, 2.45) is 0 Å². The van der Waals surface area contributed by atoms with Gasteiger partial charge in [0.25, 0.3) is 5.56 Å². The Hall–Kier alpha value is -3.74. The average Bonchev–Trinajstić information content (AvgIpc) is 2.84. The highest BCUT2D eigenvalue weighted by molar-refractivity contribution is 9.10. The lowest BCUT2D eigenvalue weighted by Gasteiger charge is -2.19. The Labute approximate surface area is 223 Å². The number of fused-ring (bicyclic) bond motifs is 1. The molecule has 0 saturated carbocycles. The third kappa shape index (κ3) is 5.36. The summed E-state index contributed by atoms with van der Waals surface area (Å²) in [6.45, 7) is 8.08. The second kappa shape index (κ2) is 9.96. The maximum atomic E-state index is 13.5. The highest BCUT2D eigenvalue weighted by Gasteiger charge is 2.24. The van der Waals surface area contributed by atoms with Gasteiger partial charge in [0, 0.05) is 10.7 Å². The normalized spacial score (nSPS) is 12.4. The van der Waals surface area contributed by atoms with Crippen LogP contribution in [0.1, 0.15) is 37.5 Å². The first kappa shape index (κ1) is 26.3. The highest BCUT2D eigenvalue weighted by atomic mass is 79.9. The van der Waals surface area contributed by atoms with Gasteiger partial charge >= 0.3 is 0 Å². The number of aryl methyl sites for hydroxylation is 1. The number of allylic oxidation sites excluding steroid dienone is 1. The van der Waals surface area contributed by atoms with Crippen LogP contribution >= 0.6 is 15.9 Å². The van der Waals surface area contributed by atoms with Crippen molar-refractivity contribution in [3.05, 3.63) is 103 Å². The van der Waals surface area contributed by atoms with Crippen LogP contribution in [0.2, 0.25) is 0 Å². The van der Waals surface area contributed by atoms with Crippen LogP contribution in [0.4, 0.5) is 0 Å². The smallest absolute Gasteiger partial charge is 0.269 e. The Kier molecular flexibility index (Phi) is 7.09. The number of ether oxygens (including phenoxy) is 1. The topological polar surface area (TPSA) is 102 Å². The fourth-order valence-electron chi connectivity index (χ4n) is 3.67. The molecule has 0 atom stereocenters. The molecule has 0 aliphatic carbocycles. The Bertz CT molecular complexity index is 1730. The van der Waals surface area contributed by atoms with E-state index in [1.165, 1.54) is 22.7 Å². The molecule has 188 valence electrons. The van der Waals surface area contributed by atoms with Crippen molar-refractivity contribution in [1.82, 2.24) is 9.38 Å². The molecule has 4 aromatic rings. The molecule has 2 aromatic carbocycles. The molecule has 0 saturated heterocycles. The third-order valence-electron chi connectivity index (χ3n) is 5.78. The average molecular weight is 578 g/mol. The molecule has 4 rings (SSSR count). The van der Waals surface area contributed by atoms with Gasteiger partial charge in [-0.25, -0.2) is 8.42 Å². The number of hydrogen-bond donors (Lipinski definition) is 0. The van der Waals surface area contributed by atoms with Crippen LogP contribution in [0.5, 0.6) is 11.6 Å². The molecule has 2 aromatic heterocycles. The maximum Gasteiger partial charge on any atom is 0.269 e. The Balaban J connectivity index is 1.91. The molecular formula is C28H24BrN3O4S. The minimum Gasteiger partial charge on any atom is -0.438 e. The molecule has 0 fully saturated rings. The summed E-state index contributed by atoms with van der Waals surface area (Å²) in [6, 6.07) is 18.5. The largest absolute Gasteiger partial charge is 0.438 e. The molecule has 2 heterocycles. The van der Waals surface area contributed by atoms with Gasteiger partial charge in [0.05, 0.1) is 4.90 Å². The van der Waals surface area contributed by atoms with E-state index in [4.69, 9.17) is 4.74 Å². The molecule has 9 heteroatoms. The number of rotatable bonds is 5. The zero-order valence-corrected chi connectivity index (χ0v) is 23.1. The van der Waals surface area contributed by atoms with Crippen molar-refractivity contribution in [2.45, 2.75) is 38.0 Å². The van der Waals surface area contributed by atoms with Gasteiger partial charge in [0.15, 0.2) is 0 Å². The van der Waals surface area contributed by atoms with Crippen molar-refractivity contribution >= 4 is 37.5 Å². The van der Waals surface area contributed by atoms with Crippen molar-refractivity contribution in [2.75, 3.05) is 0 Å². The monoisotopic (exact) mass is 577 g/mol. The van der Waals surface area contributed by atoms with E-state index in [1.54, 1.807) is 49.4 Å². The number of hydrogen-bond acceptors (Lipinski definition) is 6. The van der Waals surface area contributed by atoms with Crippen LogP contribution in [0.15, 0.2) is 85.9 Å². The van der Waals surface area contributed by atoms with Gasteiger partial charge in [-0.3, -0.25) is 9.20 Å². The van der Waals surface area contributed by atoms with Gasteiger partial charge in [-0.2, -0.15) is 10.2 Å². The first-order valence-electron chi connectivity index (χ1n) is 11.3. The first-order valence-corrected chi connectivity index (χ1v) is 13.6. The van der Waals surface area contributed by atoms with E-state index >= 15 is 0 Å². The van der Waals surface area contributed by atoms with Crippen LogP contribution in [0, 0.1) is 18.3 Å². The molecule has 0 bridgehead atoms. The summed E-state index contributed by atoms with van der Waals surface area (Å²) in [4.78, 5) is 17.4. The zero-order valence-electron chi connectivity index (χ0n) is 20.7. The van der Waals surface area contributed by atoms with Crippen LogP contribution in [-0.4, -0.2) is 17.8 Å². The lowest BCUT2D eigenvalue weighted by atomic mass is 9.87. The standard InChI is InChI=1S/C28H24BrN3O4S/c1-18-6-5-15-32-25(18)31-26(36-21-11-7-19(8-12-21)28(2,3)4)24(27(32)33)16-23(17-30)37(34,35)22-13-9-20(29)10-14-22/h5-16H,1-4H3/b23-16-. The molecule has 0 amide bonds. The summed E-state index contributed by atoms with van der Waals surface area (Å²) >= 11 is 3.27. The van der Waals surface area contributed by atoms with Crippen molar-refractivity contribution in [3.63, 3.8) is 0 Å². The van der Waals surface area contributed by atoms with E-state index in [9.17, 15) is 18.5 Å². The quantitative estimate of drug-likeness (QED) is 0.262. The summed E-state index contributed by atoms with van der Waals surface area (Å²) < 4.78 is 34.5. The molecule has 0 radical (unpaired) electrons. The number of sulfone groups is 1. The van der Waals surface area contributed by atoms with Crippen LogP contribution in [0.3, 0.4) is 0 Å². The Morgan fingerprint density at radius 3 is 2.32 bits per heavy atom. The van der Waals surface area contributed by atoms with E-state index in [-0.39, 0.29) is 21.8 Å². The molecule has 37 heavy (non-hydrogen) atoms. The molecule has 0 spiro atoms. The SMILES string of the molecule is Cc1cccn2c(=O)c(/C=C(/C#N)S(=O)(=O)c3ccc(Br)cc3)c(Oc3ccc(C(C)(C)C)cc3)nc12. The van der Waals surface area contributed by atoms with Crippen LogP contribution in [-0.2, 0) is 15.3 Å².